The number of anilines is 2. The van der Waals surface area contributed by atoms with E-state index in [4.69, 9.17) is 21.1 Å². The van der Waals surface area contributed by atoms with Gasteiger partial charge < -0.3 is 19.9 Å². The van der Waals surface area contributed by atoms with Crippen LogP contribution < -0.4 is 14.8 Å². The van der Waals surface area contributed by atoms with Gasteiger partial charge in [-0.3, -0.25) is 9.69 Å². The lowest BCUT2D eigenvalue weighted by Gasteiger charge is -2.17. The number of ether oxygens (including phenoxy) is 2. The van der Waals surface area contributed by atoms with Gasteiger partial charge in [-0.15, -0.1) is 0 Å². The number of carboxylic acids is 1. The third-order valence-corrected chi connectivity index (χ3v) is 5.44. The molecule has 2 aromatic carbocycles. The Balaban J connectivity index is 1.59. The summed E-state index contributed by atoms with van der Waals surface area (Å²) in [5, 5.41) is 12.8. The van der Waals surface area contributed by atoms with E-state index in [0.29, 0.717) is 35.4 Å². The number of likely N-dealkylation sites (tertiary alicyclic amines) is 1. The molecule has 162 valence electrons. The Hall–Kier alpha value is -3.17. The van der Waals surface area contributed by atoms with Crippen LogP contribution in [0.1, 0.15) is 6.42 Å². The average Bonchev–Trinajstić information content (AvgIpc) is 3.11. The van der Waals surface area contributed by atoms with Gasteiger partial charge in [-0.05, 0) is 25.2 Å². The molecule has 1 aliphatic heterocycles. The highest BCUT2D eigenvalue weighted by atomic mass is 35.5. The normalized spacial score (nSPS) is 18.8. The lowest BCUT2D eigenvalue weighted by molar-refractivity contribution is -0.141. The Morgan fingerprint density at radius 1 is 1.35 bits per heavy atom. The number of benzene rings is 2. The van der Waals surface area contributed by atoms with Crippen molar-refractivity contribution in [2.75, 3.05) is 26.0 Å². The molecule has 0 bridgehead atoms. The molecule has 1 aliphatic rings. The number of nitrogens with zero attached hydrogens (tertiary/aromatic N) is 3. The highest BCUT2D eigenvalue weighted by Crippen LogP contribution is 2.34. The van der Waals surface area contributed by atoms with E-state index in [2.05, 4.69) is 15.3 Å². The van der Waals surface area contributed by atoms with E-state index in [-0.39, 0.29) is 22.8 Å². The van der Waals surface area contributed by atoms with Crippen LogP contribution in [0.25, 0.3) is 10.9 Å². The second kappa shape index (κ2) is 8.52. The van der Waals surface area contributed by atoms with Crippen molar-refractivity contribution in [3.8, 4) is 11.5 Å². The predicted molar refractivity (Wildman–Crippen MR) is 114 cm³/mol. The van der Waals surface area contributed by atoms with Gasteiger partial charge in [0.1, 0.15) is 12.1 Å². The number of aliphatic carboxylic acids is 1. The molecule has 1 unspecified atom stereocenters. The summed E-state index contributed by atoms with van der Waals surface area (Å²) in [6.45, 7) is 0.489. The summed E-state index contributed by atoms with van der Waals surface area (Å²) in [5.74, 6) is -0.331. The fraction of sp³-hybridized carbons (Fsp3) is 0.286. The first-order chi connectivity index (χ1) is 14.9. The van der Waals surface area contributed by atoms with E-state index in [0.717, 1.165) is 0 Å². The van der Waals surface area contributed by atoms with Crippen LogP contribution in [-0.2, 0) is 4.79 Å². The molecule has 4 rings (SSSR count). The SMILES string of the molecule is COc1cc2nc(Nc3cccc(Cl)c3F)ncc2cc1O[C@@H]1CC(C(=O)O)N(C)C1. The third kappa shape index (κ3) is 4.33. The third-order valence-electron chi connectivity index (χ3n) is 5.15. The molecule has 0 saturated carbocycles. The van der Waals surface area contributed by atoms with Crippen molar-refractivity contribution in [2.24, 2.45) is 0 Å². The van der Waals surface area contributed by atoms with Crippen molar-refractivity contribution in [1.82, 2.24) is 14.9 Å². The fourth-order valence-corrected chi connectivity index (χ4v) is 3.75. The molecule has 2 N–H and O–H groups in total. The van der Waals surface area contributed by atoms with Gasteiger partial charge in [-0.1, -0.05) is 17.7 Å². The van der Waals surface area contributed by atoms with E-state index in [9.17, 15) is 14.3 Å². The van der Waals surface area contributed by atoms with Crippen molar-refractivity contribution >= 4 is 40.1 Å². The van der Waals surface area contributed by atoms with Crippen LogP contribution in [0.15, 0.2) is 36.5 Å². The molecule has 3 aromatic rings. The van der Waals surface area contributed by atoms with E-state index >= 15 is 0 Å². The van der Waals surface area contributed by atoms with Crippen LogP contribution in [0.4, 0.5) is 16.0 Å². The number of hydrogen-bond acceptors (Lipinski definition) is 7. The first-order valence-corrected chi connectivity index (χ1v) is 9.89. The Labute approximate surface area is 182 Å². The van der Waals surface area contributed by atoms with Crippen LogP contribution >= 0.6 is 11.6 Å². The van der Waals surface area contributed by atoms with E-state index < -0.39 is 17.8 Å². The molecule has 0 radical (unpaired) electrons. The number of nitrogens with one attached hydrogen (secondary N) is 1. The zero-order valence-corrected chi connectivity index (χ0v) is 17.6. The Bertz CT molecular complexity index is 1150. The van der Waals surface area contributed by atoms with Crippen LogP contribution in [-0.4, -0.2) is 58.8 Å². The summed E-state index contributed by atoms with van der Waals surface area (Å²) in [4.78, 5) is 21.7. The van der Waals surface area contributed by atoms with E-state index in [1.165, 1.54) is 19.2 Å². The molecule has 8 nitrogen and oxygen atoms in total. The molecule has 0 aliphatic carbocycles. The molecule has 0 amide bonds. The van der Waals surface area contributed by atoms with Gasteiger partial charge in [0, 0.05) is 30.6 Å². The number of aromatic nitrogens is 2. The summed E-state index contributed by atoms with van der Waals surface area (Å²) >= 11 is 5.82. The maximum Gasteiger partial charge on any atom is 0.321 e. The molecule has 31 heavy (non-hydrogen) atoms. The van der Waals surface area contributed by atoms with Gasteiger partial charge in [-0.25, -0.2) is 14.4 Å². The number of likely N-dealkylation sites (N-methyl/N-ethyl adjacent to an activating group) is 1. The highest BCUT2D eigenvalue weighted by Gasteiger charge is 2.36. The minimum absolute atomic E-state index is 0.00283. The zero-order valence-electron chi connectivity index (χ0n) is 16.8. The van der Waals surface area contributed by atoms with Crippen molar-refractivity contribution in [2.45, 2.75) is 18.6 Å². The van der Waals surface area contributed by atoms with Crippen molar-refractivity contribution in [3.05, 3.63) is 47.4 Å². The van der Waals surface area contributed by atoms with Gasteiger partial charge in [-0.2, -0.15) is 0 Å². The molecular weight excluding hydrogens is 427 g/mol. The molecular formula is C21H20ClFN4O4. The van der Waals surface area contributed by atoms with Crippen LogP contribution in [0.3, 0.4) is 0 Å². The molecule has 0 spiro atoms. The van der Waals surface area contributed by atoms with Gasteiger partial charge in [0.2, 0.25) is 5.95 Å². The minimum Gasteiger partial charge on any atom is -0.493 e. The number of hydrogen-bond donors (Lipinski definition) is 2. The smallest absolute Gasteiger partial charge is 0.321 e. The number of fused-ring (bicyclic) bond motifs is 1. The molecule has 2 heterocycles. The number of halogens is 2. The number of methoxy groups -OCH3 is 1. The maximum absolute atomic E-state index is 14.1. The van der Waals surface area contributed by atoms with Crippen LogP contribution in [0.2, 0.25) is 5.02 Å². The monoisotopic (exact) mass is 446 g/mol. The van der Waals surface area contributed by atoms with Gasteiger partial charge >= 0.3 is 5.97 Å². The van der Waals surface area contributed by atoms with Crippen molar-refractivity contribution in [1.29, 1.82) is 0 Å². The number of carbonyl (C=O) groups is 1. The van der Waals surface area contributed by atoms with Crippen LogP contribution in [0.5, 0.6) is 11.5 Å². The second-order valence-electron chi connectivity index (χ2n) is 7.25. The Kier molecular flexibility index (Phi) is 5.79. The van der Waals surface area contributed by atoms with Gasteiger partial charge in [0.05, 0.1) is 23.3 Å². The lowest BCUT2D eigenvalue weighted by Crippen LogP contribution is -2.32. The molecule has 1 fully saturated rings. The second-order valence-corrected chi connectivity index (χ2v) is 7.66. The average molecular weight is 447 g/mol. The summed E-state index contributed by atoms with van der Waals surface area (Å²) in [5.41, 5.74) is 0.730. The van der Waals surface area contributed by atoms with Gasteiger partial charge in [0.25, 0.3) is 0 Å². The number of carboxylic acid groups (broad SMARTS) is 1. The quantitative estimate of drug-likeness (QED) is 0.591. The summed E-state index contributed by atoms with van der Waals surface area (Å²) < 4.78 is 25.6. The lowest BCUT2D eigenvalue weighted by atomic mass is 10.2. The highest BCUT2D eigenvalue weighted by molar-refractivity contribution is 6.31. The zero-order chi connectivity index (χ0) is 22.1. The van der Waals surface area contributed by atoms with Crippen molar-refractivity contribution in [3.63, 3.8) is 0 Å². The number of rotatable bonds is 6. The summed E-state index contributed by atoms with van der Waals surface area (Å²) in [6, 6.07) is 7.47. The van der Waals surface area contributed by atoms with E-state index in [1.807, 2.05) is 0 Å². The predicted octanol–water partition coefficient (Wildman–Crippen LogP) is 3.71. The van der Waals surface area contributed by atoms with Gasteiger partial charge in [0.15, 0.2) is 17.3 Å². The molecule has 10 heteroatoms. The Morgan fingerprint density at radius 2 is 2.16 bits per heavy atom. The summed E-state index contributed by atoms with van der Waals surface area (Å²) in [6.07, 6.45) is 1.67. The topological polar surface area (TPSA) is 96.8 Å². The molecule has 1 saturated heterocycles. The largest absolute Gasteiger partial charge is 0.493 e. The summed E-state index contributed by atoms with van der Waals surface area (Å²) in [7, 11) is 3.27. The minimum atomic E-state index is -0.872. The Morgan fingerprint density at radius 3 is 2.87 bits per heavy atom. The van der Waals surface area contributed by atoms with Crippen molar-refractivity contribution < 1.29 is 23.8 Å². The van der Waals surface area contributed by atoms with E-state index in [1.54, 1.807) is 36.3 Å². The molecule has 1 aromatic heterocycles. The first-order valence-electron chi connectivity index (χ1n) is 9.51. The fourth-order valence-electron chi connectivity index (χ4n) is 3.58. The van der Waals surface area contributed by atoms with Crippen LogP contribution in [0, 0.1) is 5.82 Å². The maximum atomic E-state index is 14.1. The standard InChI is InChI=1S/C21H20ClFN4O4/c1-27-10-12(7-16(27)20(28)29)31-18-6-11-9-24-21(26-15(11)8-17(18)30-2)25-14-5-3-4-13(22)19(14)23/h3-6,8-9,12,16H,7,10H2,1-2H3,(H,28,29)(H,24,25,26)/t12-,16?/m1/s1. The molecule has 2 atom stereocenters. The first kappa shape index (κ1) is 21.1.